The molecule has 1 aliphatic heterocycles. The van der Waals surface area contributed by atoms with Crippen molar-refractivity contribution in [2.24, 2.45) is 0 Å². The molecule has 1 aromatic carbocycles. The van der Waals surface area contributed by atoms with E-state index < -0.39 is 17.8 Å². The highest BCUT2D eigenvalue weighted by molar-refractivity contribution is 7.11. The number of rotatable bonds is 3. The lowest BCUT2D eigenvalue weighted by molar-refractivity contribution is -0.136. The molecule has 2 amide bonds. The molecule has 128 valence electrons. The Bertz CT molecular complexity index is 915. The molecule has 1 N–H and O–H groups in total. The van der Waals surface area contributed by atoms with E-state index in [1.54, 1.807) is 31.2 Å². The molecule has 0 unspecified atom stereocenters. The highest BCUT2D eigenvalue weighted by atomic mass is 32.1. The van der Waals surface area contributed by atoms with Crippen molar-refractivity contribution in [3.05, 3.63) is 40.2 Å². The molecule has 0 bridgehead atoms. The van der Waals surface area contributed by atoms with Gasteiger partial charge in [0, 0.05) is 12.5 Å². The van der Waals surface area contributed by atoms with Crippen LogP contribution in [0.2, 0.25) is 0 Å². The number of imide groups is 1. The second-order valence-corrected chi connectivity index (χ2v) is 6.02. The number of ether oxygens (including phenoxy) is 1. The molecular weight excluding hydrogens is 344 g/mol. The third kappa shape index (κ3) is 2.80. The van der Waals surface area contributed by atoms with Gasteiger partial charge in [0.15, 0.2) is 0 Å². The van der Waals surface area contributed by atoms with Crippen LogP contribution >= 0.6 is 11.3 Å². The zero-order valence-corrected chi connectivity index (χ0v) is 14.3. The van der Waals surface area contributed by atoms with Crippen LogP contribution in [0.5, 0.6) is 5.88 Å². The summed E-state index contributed by atoms with van der Waals surface area (Å²) >= 11 is 1.01. The lowest BCUT2D eigenvalue weighted by Gasteiger charge is -2.12. The summed E-state index contributed by atoms with van der Waals surface area (Å²) < 4.78 is 5.07. The van der Waals surface area contributed by atoms with Crippen molar-refractivity contribution in [3.8, 4) is 5.88 Å². The average molecular weight is 358 g/mol. The van der Waals surface area contributed by atoms with Crippen LogP contribution in [0.15, 0.2) is 29.6 Å². The van der Waals surface area contributed by atoms with Gasteiger partial charge < -0.3 is 9.84 Å². The molecule has 2 aromatic rings. The number of carbonyl (C=O) groups is 3. The van der Waals surface area contributed by atoms with Crippen LogP contribution in [0, 0.1) is 0 Å². The number of anilines is 1. The first-order valence-corrected chi connectivity index (χ1v) is 8.34. The fourth-order valence-corrected chi connectivity index (χ4v) is 3.37. The number of para-hydroxylation sites is 1. The molecule has 2 heterocycles. The van der Waals surface area contributed by atoms with Crippen LogP contribution in [0.4, 0.5) is 5.69 Å². The van der Waals surface area contributed by atoms with E-state index in [0.717, 1.165) is 16.2 Å². The standard InChI is InChI=1S/C17H14N2O5S/c1-3-24-17(23)14(15-18-12(21)8-25-15)13-10-6-4-5-7-11(10)19(9(2)20)16(13)22/h4-8,21H,3H2,1-2H3/b14-13-. The Kier molecular flexibility index (Phi) is 4.37. The van der Waals surface area contributed by atoms with Crippen molar-refractivity contribution in [2.45, 2.75) is 13.8 Å². The number of nitrogens with zero attached hydrogens (tertiary/aromatic N) is 2. The van der Waals surface area contributed by atoms with Crippen molar-refractivity contribution < 1.29 is 24.2 Å². The lowest BCUT2D eigenvalue weighted by atomic mass is 10.0. The molecule has 0 radical (unpaired) electrons. The van der Waals surface area contributed by atoms with E-state index in [2.05, 4.69) is 4.98 Å². The summed E-state index contributed by atoms with van der Waals surface area (Å²) in [6.45, 7) is 3.03. The summed E-state index contributed by atoms with van der Waals surface area (Å²) in [5.74, 6) is -2.07. The predicted octanol–water partition coefficient (Wildman–Crippen LogP) is 2.22. The van der Waals surface area contributed by atoms with Gasteiger partial charge in [-0.1, -0.05) is 18.2 Å². The first-order chi connectivity index (χ1) is 12.0. The van der Waals surface area contributed by atoms with Crippen molar-refractivity contribution >= 4 is 46.0 Å². The monoisotopic (exact) mass is 358 g/mol. The Hall–Kier alpha value is -3.00. The van der Waals surface area contributed by atoms with Crippen molar-refractivity contribution in [3.63, 3.8) is 0 Å². The topological polar surface area (TPSA) is 96.8 Å². The minimum atomic E-state index is -0.736. The van der Waals surface area contributed by atoms with Gasteiger partial charge in [0.1, 0.15) is 10.6 Å². The van der Waals surface area contributed by atoms with Crippen LogP contribution in [0.3, 0.4) is 0 Å². The number of aromatic nitrogens is 1. The van der Waals surface area contributed by atoms with E-state index in [4.69, 9.17) is 4.74 Å². The number of hydrogen-bond acceptors (Lipinski definition) is 7. The van der Waals surface area contributed by atoms with Gasteiger partial charge in [-0.2, -0.15) is 0 Å². The summed E-state index contributed by atoms with van der Waals surface area (Å²) in [6, 6.07) is 6.68. The zero-order chi connectivity index (χ0) is 18.1. The molecule has 0 saturated carbocycles. The Labute approximate surface area is 147 Å². The molecule has 0 fully saturated rings. The first-order valence-electron chi connectivity index (χ1n) is 7.46. The second kappa shape index (κ2) is 6.48. The molecule has 0 saturated heterocycles. The van der Waals surface area contributed by atoms with Crippen molar-refractivity contribution in [1.29, 1.82) is 0 Å². The number of carbonyl (C=O) groups excluding carboxylic acids is 3. The van der Waals surface area contributed by atoms with Gasteiger partial charge in [0.05, 0.1) is 23.2 Å². The Morgan fingerprint density at radius 1 is 1.32 bits per heavy atom. The zero-order valence-electron chi connectivity index (χ0n) is 13.5. The number of thiazole rings is 1. The average Bonchev–Trinajstić information content (AvgIpc) is 3.10. The van der Waals surface area contributed by atoms with E-state index >= 15 is 0 Å². The van der Waals surface area contributed by atoms with Gasteiger partial charge in [-0.25, -0.2) is 14.7 Å². The maximum Gasteiger partial charge on any atom is 0.342 e. The van der Waals surface area contributed by atoms with Crippen LogP contribution < -0.4 is 4.90 Å². The van der Waals surface area contributed by atoms with Gasteiger partial charge in [-0.3, -0.25) is 9.59 Å². The van der Waals surface area contributed by atoms with Gasteiger partial charge in [-0.15, -0.1) is 11.3 Å². The fraction of sp³-hybridized carbons (Fsp3) is 0.176. The minimum absolute atomic E-state index is 0.0404. The minimum Gasteiger partial charge on any atom is -0.493 e. The number of benzene rings is 1. The SMILES string of the molecule is CCOC(=O)/C(=C1\C(=O)N(C(C)=O)c2ccccc21)c1nc(O)cs1. The van der Waals surface area contributed by atoms with Crippen LogP contribution in [-0.4, -0.2) is 34.5 Å². The molecule has 3 rings (SSSR count). The lowest BCUT2D eigenvalue weighted by Crippen LogP contribution is -2.31. The van der Waals surface area contributed by atoms with Gasteiger partial charge >= 0.3 is 5.97 Å². The first kappa shape index (κ1) is 16.8. The molecule has 0 aliphatic carbocycles. The maximum atomic E-state index is 12.9. The predicted molar refractivity (Wildman–Crippen MR) is 91.8 cm³/mol. The largest absolute Gasteiger partial charge is 0.493 e. The number of amides is 2. The van der Waals surface area contributed by atoms with E-state index in [1.165, 1.54) is 12.3 Å². The van der Waals surface area contributed by atoms with E-state index in [0.29, 0.717) is 11.3 Å². The van der Waals surface area contributed by atoms with E-state index in [9.17, 15) is 19.5 Å². The number of fused-ring (bicyclic) bond motifs is 1. The van der Waals surface area contributed by atoms with Crippen LogP contribution in [0.1, 0.15) is 24.4 Å². The van der Waals surface area contributed by atoms with Gasteiger partial charge in [0.25, 0.3) is 5.91 Å². The van der Waals surface area contributed by atoms with Crippen molar-refractivity contribution in [1.82, 2.24) is 4.98 Å². The van der Waals surface area contributed by atoms with E-state index in [1.807, 2.05) is 0 Å². The second-order valence-electron chi connectivity index (χ2n) is 5.16. The molecule has 1 aromatic heterocycles. The fourth-order valence-electron chi connectivity index (χ4n) is 2.65. The molecule has 25 heavy (non-hydrogen) atoms. The van der Waals surface area contributed by atoms with Gasteiger partial charge in [-0.05, 0) is 13.0 Å². The quantitative estimate of drug-likeness (QED) is 0.667. The van der Waals surface area contributed by atoms with Crippen molar-refractivity contribution in [2.75, 3.05) is 11.5 Å². The number of aromatic hydroxyl groups is 1. The third-order valence-electron chi connectivity index (χ3n) is 3.58. The summed E-state index contributed by atoms with van der Waals surface area (Å²) in [6.07, 6.45) is 0. The van der Waals surface area contributed by atoms with E-state index in [-0.39, 0.29) is 28.6 Å². The summed E-state index contributed by atoms with van der Waals surface area (Å²) in [4.78, 5) is 42.3. The Morgan fingerprint density at radius 2 is 2.04 bits per heavy atom. The number of hydrogen-bond donors (Lipinski definition) is 1. The molecule has 0 atom stereocenters. The molecular formula is C17H14N2O5S. The molecule has 0 spiro atoms. The van der Waals surface area contributed by atoms with Gasteiger partial charge in [0.2, 0.25) is 11.8 Å². The molecule has 7 nitrogen and oxygen atoms in total. The molecule has 8 heteroatoms. The van der Waals surface area contributed by atoms with Crippen LogP contribution in [0.25, 0.3) is 11.1 Å². The summed E-state index contributed by atoms with van der Waals surface area (Å²) in [5.41, 5.74) is 0.824. The summed E-state index contributed by atoms with van der Waals surface area (Å²) in [5, 5.41) is 11.0. The summed E-state index contributed by atoms with van der Waals surface area (Å²) in [7, 11) is 0. The Morgan fingerprint density at radius 3 is 2.64 bits per heavy atom. The highest BCUT2D eigenvalue weighted by Crippen LogP contribution is 2.42. The normalized spacial score (nSPS) is 15.1. The molecule has 1 aliphatic rings. The Balaban J connectivity index is 2.31. The highest BCUT2D eigenvalue weighted by Gasteiger charge is 2.39. The maximum absolute atomic E-state index is 12.9. The number of esters is 1. The van der Waals surface area contributed by atoms with Crippen LogP contribution in [-0.2, 0) is 19.1 Å². The smallest absolute Gasteiger partial charge is 0.342 e. The third-order valence-corrected chi connectivity index (χ3v) is 4.43.